The van der Waals surface area contributed by atoms with Crippen molar-refractivity contribution >= 4 is 12.2 Å². The highest BCUT2D eigenvalue weighted by atomic mass is 79.9. The van der Waals surface area contributed by atoms with Crippen LogP contribution in [-0.2, 0) is 6.54 Å². The quantitative estimate of drug-likeness (QED) is 0.151. The van der Waals surface area contributed by atoms with Crippen molar-refractivity contribution in [3.63, 3.8) is 0 Å². The molecule has 0 saturated carbocycles. The summed E-state index contributed by atoms with van der Waals surface area (Å²) in [6.45, 7) is 3.44. The summed E-state index contributed by atoms with van der Waals surface area (Å²) in [7, 11) is 0. The van der Waals surface area contributed by atoms with Crippen molar-refractivity contribution < 1.29 is 21.5 Å². The van der Waals surface area contributed by atoms with E-state index in [0.717, 1.165) is 6.54 Å². The van der Waals surface area contributed by atoms with E-state index in [9.17, 15) is 0 Å². The molecule has 0 unspecified atom stereocenters. The van der Waals surface area contributed by atoms with Gasteiger partial charge in [0.15, 0.2) is 12.4 Å². The van der Waals surface area contributed by atoms with E-state index in [1.54, 1.807) is 0 Å². The molecule has 0 spiro atoms. The molecule has 1 heterocycles. The number of halogens is 1. The van der Waals surface area contributed by atoms with Gasteiger partial charge in [0.25, 0.3) is 0 Å². The Morgan fingerprint density at radius 3 is 1.36 bits per heavy atom. The molecule has 2 aromatic rings. The third kappa shape index (κ3) is 16.0. The van der Waals surface area contributed by atoms with E-state index in [4.69, 9.17) is 0 Å². The molecule has 0 atom stereocenters. The largest absolute Gasteiger partial charge is 1.00 e. The van der Waals surface area contributed by atoms with Gasteiger partial charge in [-0.3, -0.25) is 0 Å². The van der Waals surface area contributed by atoms with Crippen molar-refractivity contribution in [1.82, 2.24) is 0 Å². The standard InChI is InChI=1S/C31H48N.BrH/c1-2-3-4-5-6-7-8-9-10-11-12-13-14-15-16-20-27-32-28-25-31(26-29-32)24-23-30-21-18-17-19-22-30;/h17-19,21-26,28-29H,2-16,20,27H2,1H3;1H/q+1;/p-1. The van der Waals surface area contributed by atoms with E-state index in [-0.39, 0.29) is 17.0 Å². The molecule has 0 aliphatic heterocycles. The smallest absolute Gasteiger partial charge is 0.169 e. The first-order valence-electron chi connectivity index (χ1n) is 13.6. The Balaban J connectivity index is 0.00000544. The molecule has 0 bridgehead atoms. The van der Waals surface area contributed by atoms with Crippen LogP contribution in [0.3, 0.4) is 0 Å². The van der Waals surface area contributed by atoms with Crippen LogP contribution in [0.5, 0.6) is 0 Å². The number of hydrogen-bond acceptors (Lipinski definition) is 0. The fraction of sp³-hybridized carbons (Fsp3) is 0.581. The van der Waals surface area contributed by atoms with Gasteiger partial charge in [0.2, 0.25) is 0 Å². The second-order valence-corrected chi connectivity index (χ2v) is 9.42. The van der Waals surface area contributed by atoms with E-state index in [2.05, 4.69) is 78.5 Å². The van der Waals surface area contributed by atoms with Crippen LogP contribution in [0.25, 0.3) is 12.2 Å². The monoisotopic (exact) mass is 513 g/mol. The zero-order chi connectivity index (χ0) is 22.5. The molecule has 184 valence electrons. The van der Waals surface area contributed by atoms with Gasteiger partial charge in [-0.25, -0.2) is 4.57 Å². The minimum atomic E-state index is 0. The minimum Gasteiger partial charge on any atom is -1.00 e. The first-order valence-corrected chi connectivity index (χ1v) is 13.6. The lowest BCUT2D eigenvalue weighted by Gasteiger charge is -2.03. The third-order valence-electron chi connectivity index (χ3n) is 6.45. The summed E-state index contributed by atoms with van der Waals surface area (Å²) in [6.07, 6.45) is 31.6. The number of aryl methyl sites for hydroxylation is 1. The fourth-order valence-corrected chi connectivity index (χ4v) is 4.33. The maximum Gasteiger partial charge on any atom is 0.169 e. The summed E-state index contributed by atoms with van der Waals surface area (Å²) in [5.41, 5.74) is 2.51. The Hall–Kier alpha value is -1.41. The molecular weight excluding hydrogens is 466 g/mol. The number of rotatable bonds is 19. The van der Waals surface area contributed by atoms with Gasteiger partial charge in [-0.2, -0.15) is 0 Å². The Morgan fingerprint density at radius 2 is 0.909 bits per heavy atom. The third-order valence-corrected chi connectivity index (χ3v) is 6.45. The topological polar surface area (TPSA) is 3.88 Å². The van der Waals surface area contributed by atoms with Crippen molar-refractivity contribution in [1.29, 1.82) is 0 Å². The van der Waals surface area contributed by atoms with Crippen LogP contribution in [0.1, 0.15) is 121 Å². The predicted molar refractivity (Wildman–Crippen MR) is 142 cm³/mol. The zero-order valence-corrected chi connectivity index (χ0v) is 22.8. The van der Waals surface area contributed by atoms with E-state index >= 15 is 0 Å². The number of unbranched alkanes of at least 4 members (excludes halogenated alkanes) is 15. The van der Waals surface area contributed by atoms with E-state index in [1.807, 2.05) is 0 Å². The Morgan fingerprint density at radius 1 is 0.515 bits per heavy atom. The second-order valence-electron chi connectivity index (χ2n) is 9.42. The zero-order valence-electron chi connectivity index (χ0n) is 21.2. The summed E-state index contributed by atoms with van der Waals surface area (Å²) in [5.74, 6) is 0. The maximum absolute atomic E-state index is 2.32. The van der Waals surface area contributed by atoms with Gasteiger partial charge in [-0.05, 0) is 17.5 Å². The Bertz CT molecular complexity index is 693. The average Bonchev–Trinajstić information content (AvgIpc) is 2.84. The number of nitrogens with zero attached hydrogens (tertiary/aromatic N) is 1. The second kappa shape index (κ2) is 21.1. The van der Waals surface area contributed by atoms with Gasteiger partial charge >= 0.3 is 0 Å². The Kier molecular flexibility index (Phi) is 19.0. The molecule has 0 N–H and O–H groups in total. The van der Waals surface area contributed by atoms with E-state index < -0.39 is 0 Å². The molecule has 1 aromatic carbocycles. The summed E-state index contributed by atoms with van der Waals surface area (Å²) >= 11 is 0. The van der Waals surface area contributed by atoms with Gasteiger partial charge in [-0.1, -0.05) is 139 Å². The van der Waals surface area contributed by atoms with Gasteiger partial charge in [0, 0.05) is 18.6 Å². The van der Waals surface area contributed by atoms with Gasteiger partial charge in [-0.15, -0.1) is 0 Å². The highest BCUT2D eigenvalue weighted by Gasteiger charge is 2.00. The molecule has 2 heteroatoms. The molecule has 0 saturated heterocycles. The number of aromatic nitrogens is 1. The van der Waals surface area contributed by atoms with Crippen LogP contribution in [0.2, 0.25) is 0 Å². The maximum atomic E-state index is 2.32. The molecule has 1 aromatic heterocycles. The van der Waals surface area contributed by atoms with E-state index in [0.29, 0.717) is 0 Å². The van der Waals surface area contributed by atoms with Crippen LogP contribution in [0, 0.1) is 0 Å². The highest BCUT2D eigenvalue weighted by Crippen LogP contribution is 2.13. The van der Waals surface area contributed by atoms with E-state index in [1.165, 1.54) is 114 Å². The number of benzene rings is 1. The van der Waals surface area contributed by atoms with Crippen molar-refractivity contribution in [2.45, 2.75) is 116 Å². The van der Waals surface area contributed by atoms with Crippen LogP contribution in [-0.4, -0.2) is 0 Å². The summed E-state index contributed by atoms with van der Waals surface area (Å²) in [6, 6.07) is 14.9. The molecule has 2 rings (SSSR count). The number of hydrogen-bond donors (Lipinski definition) is 0. The van der Waals surface area contributed by atoms with Crippen molar-refractivity contribution in [2.75, 3.05) is 0 Å². The molecule has 0 radical (unpaired) electrons. The van der Waals surface area contributed by atoms with Crippen molar-refractivity contribution in [3.05, 3.63) is 66.0 Å². The first kappa shape index (κ1) is 29.6. The average molecular weight is 515 g/mol. The molecular formula is C31H48BrN. The molecule has 0 fully saturated rings. The normalized spacial score (nSPS) is 11.1. The lowest BCUT2D eigenvalue weighted by atomic mass is 10.0. The summed E-state index contributed by atoms with van der Waals surface area (Å²) in [4.78, 5) is 0. The molecule has 0 aliphatic rings. The van der Waals surface area contributed by atoms with Crippen LogP contribution in [0.15, 0.2) is 54.9 Å². The summed E-state index contributed by atoms with van der Waals surface area (Å²) < 4.78 is 2.32. The number of pyridine rings is 1. The first-order chi connectivity index (χ1) is 15.9. The van der Waals surface area contributed by atoms with Crippen molar-refractivity contribution in [2.24, 2.45) is 0 Å². The van der Waals surface area contributed by atoms with Gasteiger partial charge in [0.1, 0.15) is 6.54 Å². The van der Waals surface area contributed by atoms with Crippen LogP contribution in [0.4, 0.5) is 0 Å². The molecule has 0 amide bonds. The fourth-order valence-electron chi connectivity index (χ4n) is 4.33. The highest BCUT2D eigenvalue weighted by molar-refractivity contribution is 5.68. The summed E-state index contributed by atoms with van der Waals surface area (Å²) in [5, 5.41) is 0. The predicted octanol–water partition coefficient (Wildman–Crippen LogP) is 6.41. The Labute approximate surface area is 215 Å². The molecule has 1 nitrogen and oxygen atoms in total. The lowest BCUT2D eigenvalue weighted by molar-refractivity contribution is -0.697. The van der Waals surface area contributed by atoms with Crippen molar-refractivity contribution in [3.8, 4) is 0 Å². The van der Waals surface area contributed by atoms with Crippen LogP contribution >= 0.6 is 0 Å². The molecule has 33 heavy (non-hydrogen) atoms. The van der Waals surface area contributed by atoms with Gasteiger partial charge < -0.3 is 17.0 Å². The SMILES string of the molecule is CCCCCCCCCCCCCCCCCC[n+]1ccc(C=Cc2ccccc2)cc1.[Br-]. The molecule has 0 aliphatic carbocycles. The van der Waals surface area contributed by atoms with Gasteiger partial charge in [0.05, 0.1) is 0 Å². The lowest BCUT2D eigenvalue weighted by Crippen LogP contribution is -3.00. The minimum absolute atomic E-state index is 0. The van der Waals surface area contributed by atoms with Crippen LogP contribution < -0.4 is 21.5 Å².